The SMILES string of the molecule is COc1cc(C(F)(F)F)c(C2(NC(=O)c3cc(N4CC(N(C)C)C4)ccc3C)CC2)c2cccnc12. The molecular formula is C27H29F3N4O2. The highest BCUT2D eigenvalue weighted by Crippen LogP contribution is 2.53. The molecule has 1 aliphatic carbocycles. The highest BCUT2D eigenvalue weighted by molar-refractivity contribution is 5.98. The molecule has 190 valence electrons. The summed E-state index contributed by atoms with van der Waals surface area (Å²) < 4.78 is 48.0. The first kappa shape index (κ1) is 24.4. The van der Waals surface area contributed by atoms with Crippen molar-refractivity contribution in [2.24, 2.45) is 0 Å². The van der Waals surface area contributed by atoms with Gasteiger partial charge in [-0.1, -0.05) is 12.1 Å². The quantitative estimate of drug-likeness (QED) is 0.532. The van der Waals surface area contributed by atoms with E-state index in [0.717, 1.165) is 30.4 Å². The van der Waals surface area contributed by atoms with E-state index in [4.69, 9.17) is 4.74 Å². The summed E-state index contributed by atoms with van der Waals surface area (Å²) in [4.78, 5) is 22.1. The number of hydrogen-bond acceptors (Lipinski definition) is 5. The number of methoxy groups -OCH3 is 1. The first-order chi connectivity index (χ1) is 17.0. The van der Waals surface area contributed by atoms with Crippen molar-refractivity contribution in [1.82, 2.24) is 15.2 Å². The molecule has 0 unspecified atom stereocenters. The molecule has 0 atom stereocenters. The van der Waals surface area contributed by atoms with E-state index in [1.165, 1.54) is 13.3 Å². The van der Waals surface area contributed by atoms with Gasteiger partial charge < -0.3 is 19.9 Å². The van der Waals surface area contributed by atoms with E-state index >= 15 is 0 Å². The van der Waals surface area contributed by atoms with Crippen molar-refractivity contribution in [2.75, 3.05) is 39.2 Å². The smallest absolute Gasteiger partial charge is 0.416 e. The minimum atomic E-state index is -4.62. The first-order valence-electron chi connectivity index (χ1n) is 11.9. The lowest BCUT2D eigenvalue weighted by molar-refractivity contribution is -0.138. The third-order valence-electron chi connectivity index (χ3n) is 7.39. The van der Waals surface area contributed by atoms with Gasteiger partial charge in [-0.15, -0.1) is 0 Å². The highest BCUT2D eigenvalue weighted by Gasteiger charge is 2.52. The average Bonchev–Trinajstić information content (AvgIpc) is 3.57. The molecule has 1 aromatic heterocycles. The minimum Gasteiger partial charge on any atom is -0.494 e. The number of alkyl halides is 3. The number of carbonyl (C=O) groups excluding carboxylic acids is 1. The maximum Gasteiger partial charge on any atom is 0.416 e. The summed E-state index contributed by atoms with van der Waals surface area (Å²) in [7, 11) is 5.41. The predicted molar refractivity (Wildman–Crippen MR) is 133 cm³/mol. The fraction of sp³-hybridized carbons (Fsp3) is 0.407. The maximum absolute atomic E-state index is 14.3. The number of carbonyl (C=O) groups is 1. The number of hydrogen-bond donors (Lipinski definition) is 1. The summed E-state index contributed by atoms with van der Waals surface area (Å²) in [5.74, 6) is -0.324. The number of benzene rings is 2. The zero-order chi connectivity index (χ0) is 25.8. The van der Waals surface area contributed by atoms with Gasteiger partial charge in [-0.2, -0.15) is 13.2 Å². The van der Waals surface area contributed by atoms with Crippen LogP contribution in [-0.2, 0) is 11.7 Å². The highest BCUT2D eigenvalue weighted by atomic mass is 19.4. The Morgan fingerprint density at radius 3 is 2.53 bits per heavy atom. The van der Waals surface area contributed by atoms with E-state index in [-0.39, 0.29) is 17.2 Å². The minimum absolute atomic E-state index is 0.0534. The lowest BCUT2D eigenvalue weighted by Crippen LogP contribution is -2.57. The molecule has 2 aliphatic rings. The molecular weight excluding hydrogens is 469 g/mol. The second-order valence-corrected chi connectivity index (χ2v) is 9.96. The second kappa shape index (κ2) is 8.65. The van der Waals surface area contributed by atoms with E-state index in [1.807, 2.05) is 39.2 Å². The number of aryl methyl sites for hydroxylation is 1. The molecule has 2 aromatic carbocycles. The Bertz CT molecular complexity index is 1330. The summed E-state index contributed by atoms with van der Waals surface area (Å²) in [5.41, 5.74) is 0.644. The zero-order valence-electron chi connectivity index (χ0n) is 20.7. The van der Waals surface area contributed by atoms with Gasteiger partial charge in [-0.05, 0) is 69.3 Å². The Morgan fingerprint density at radius 1 is 1.19 bits per heavy atom. The summed E-state index contributed by atoms with van der Waals surface area (Å²) in [6, 6.07) is 10.4. The number of aromatic nitrogens is 1. The summed E-state index contributed by atoms with van der Waals surface area (Å²) in [5, 5.41) is 3.31. The predicted octanol–water partition coefficient (Wildman–Crippen LogP) is 4.74. The van der Waals surface area contributed by atoms with Gasteiger partial charge >= 0.3 is 6.18 Å². The normalized spacial score (nSPS) is 17.3. The molecule has 2 fully saturated rings. The molecule has 0 bridgehead atoms. The molecule has 0 spiro atoms. The molecule has 5 rings (SSSR count). The lowest BCUT2D eigenvalue weighted by atomic mass is 9.92. The van der Waals surface area contributed by atoms with Gasteiger partial charge in [0.05, 0.1) is 18.2 Å². The van der Waals surface area contributed by atoms with Crippen molar-refractivity contribution in [3.63, 3.8) is 0 Å². The monoisotopic (exact) mass is 498 g/mol. The second-order valence-electron chi connectivity index (χ2n) is 9.96. The molecule has 1 N–H and O–H groups in total. The van der Waals surface area contributed by atoms with E-state index in [2.05, 4.69) is 20.1 Å². The van der Waals surface area contributed by atoms with E-state index in [1.54, 1.807) is 12.1 Å². The van der Waals surface area contributed by atoms with Gasteiger partial charge in [0, 0.05) is 42.0 Å². The number of nitrogens with one attached hydrogen (secondary N) is 1. The molecule has 9 heteroatoms. The Morgan fingerprint density at radius 2 is 1.92 bits per heavy atom. The van der Waals surface area contributed by atoms with Crippen LogP contribution in [0.1, 0.15) is 39.9 Å². The molecule has 6 nitrogen and oxygen atoms in total. The van der Waals surface area contributed by atoms with Crippen molar-refractivity contribution < 1.29 is 22.7 Å². The van der Waals surface area contributed by atoms with Gasteiger partial charge in [-0.3, -0.25) is 9.78 Å². The van der Waals surface area contributed by atoms with Crippen molar-refractivity contribution in [2.45, 2.75) is 37.5 Å². The average molecular weight is 499 g/mol. The van der Waals surface area contributed by atoms with Crippen LogP contribution in [0.25, 0.3) is 10.9 Å². The van der Waals surface area contributed by atoms with Gasteiger partial charge in [0.1, 0.15) is 11.3 Å². The molecule has 1 aliphatic heterocycles. The van der Waals surface area contributed by atoms with Gasteiger partial charge in [0.15, 0.2) is 0 Å². The fourth-order valence-corrected chi connectivity index (χ4v) is 5.01. The topological polar surface area (TPSA) is 57.7 Å². The number of pyridine rings is 1. The summed E-state index contributed by atoms with van der Waals surface area (Å²) in [6.07, 6.45) is -2.28. The summed E-state index contributed by atoms with van der Waals surface area (Å²) >= 11 is 0. The number of likely N-dealkylation sites (N-methyl/N-ethyl adjacent to an activating group) is 1. The van der Waals surface area contributed by atoms with Gasteiger partial charge in [0.2, 0.25) is 0 Å². The molecule has 1 saturated heterocycles. The van der Waals surface area contributed by atoms with Crippen molar-refractivity contribution in [1.29, 1.82) is 0 Å². The van der Waals surface area contributed by atoms with E-state index in [9.17, 15) is 18.0 Å². The fourth-order valence-electron chi connectivity index (χ4n) is 5.01. The third kappa shape index (κ3) is 4.15. The standard InChI is InChI=1S/C27H29F3N4O2/c1-16-7-8-17(34-14-18(15-34)33(2)3)12-20(16)25(35)32-26(9-10-26)23-19-6-5-11-31-24(19)22(36-4)13-21(23)27(28,29)30/h5-8,11-13,18H,9-10,14-15H2,1-4H3,(H,32,35). The molecule has 3 aromatic rings. The number of ether oxygens (including phenoxy) is 1. The number of halogens is 3. The van der Waals surface area contributed by atoms with Crippen LogP contribution in [0.2, 0.25) is 0 Å². The zero-order valence-corrected chi connectivity index (χ0v) is 20.7. The van der Waals surface area contributed by atoms with Crippen LogP contribution in [0.15, 0.2) is 42.6 Å². The molecule has 0 radical (unpaired) electrons. The summed E-state index contributed by atoms with van der Waals surface area (Å²) in [6.45, 7) is 3.56. The number of rotatable bonds is 6. The van der Waals surface area contributed by atoms with Crippen LogP contribution in [0.5, 0.6) is 5.75 Å². The lowest BCUT2D eigenvalue weighted by Gasteiger charge is -2.44. The van der Waals surface area contributed by atoms with E-state index in [0.29, 0.717) is 35.3 Å². The number of amides is 1. The molecule has 1 amide bonds. The third-order valence-corrected chi connectivity index (χ3v) is 7.39. The van der Waals surface area contributed by atoms with Gasteiger partial charge in [-0.25, -0.2) is 0 Å². The molecule has 36 heavy (non-hydrogen) atoms. The first-order valence-corrected chi connectivity index (χ1v) is 11.9. The van der Waals surface area contributed by atoms with Crippen LogP contribution in [-0.4, -0.2) is 56.1 Å². The molecule has 2 heterocycles. The van der Waals surface area contributed by atoms with Crippen LogP contribution >= 0.6 is 0 Å². The maximum atomic E-state index is 14.3. The Balaban J connectivity index is 1.51. The van der Waals surface area contributed by atoms with Crippen molar-refractivity contribution in [3.8, 4) is 5.75 Å². The van der Waals surface area contributed by atoms with Gasteiger partial charge in [0.25, 0.3) is 5.91 Å². The molecule has 1 saturated carbocycles. The number of nitrogens with zero attached hydrogens (tertiary/aromatic N) is 3. The van der Waals surface area contributed by atoms with Crippen molar-refractivity contribution >= 4 is 22.5 Å². The number of anilines is 1. The van der Waals surface area contributed by atoms with Crippen molar-refractivity contribution in [3.05, 3.63) is 64.8 Å². The van der Waals surface area contributed by atoms with Crippen LogP contribution in [0, 0.1) is 6.92 Å². The van der Waals surface area contributed by atoms with E-state index < -0.39 is 17.3 Å². The van der Waals surface area contributed by atoms with Crippen LogP contribution in [0.3, 0.4) is 0 Å². The largest absolute Gasteiger partial charge is 0.494 e. The Hall–Kier alpha value is -3.33. The Labute approximate surface area is 208 Å². The van der Waals surface area contributed by atoms with Crippen LogP contribution in [0.4, 0.5) is 18.9 Å². The number of fused-ring (bicyclic) bond motifs is 1. The Kier molecular flexibility index (Phi) is 5.86. The van der Waals surface area contributed by atoms with Crippen LogP contribution < -0.4 is 15.0 Å².